The summed E-state index contributed by atoms with van der Waals surface area (Å²) in [6.07, 6.45) is 1.46. The Labute approximate surface area is 128 Å². The van der Waals surface area contributed by atoms with Gasteiger partial charge in [0.15, 0.2) is 10.4 Å². The van der Waals surface area contributed by atoms with E-state index in [-0.39, 0.29) is 18.2 Å². The summed E-state index contributed by atoms with van der Waals surface area (Å²) in [6, 6.07) is 6.37. The Hall–Kier alpha value is -2.35. The number of ether oxygens (including phenoxy) is 1. The van der Waals surface area contributed by atoms with E-state index in [0.717, 1.165) is 0 Å². The van der Waals surface area contributed by atoms with E-state index >= 15 is 0 Å². The number of nitrogens with zero attached hydrogens (tertiary/aromatic N) is 1. The van der Waals surface area contributed by atoms with Crippen LogP contribution in [0.25, 0.3) is 0 Å². The molecule has 0 radical (unpaired) electrons. The number of nitrogens with one attached hydrogen (secondary N) is 2. The van der Waals surface area contributed by atoms with Crippen LogP contribution in [0.15, 0.2) is 39.5 Å². The lowest BCUT2D eigenvalue weighted by Gasteiger charge is -2.06. The second kappa shape index (κ2) is 6.89. The number of pyridine rings is 1. The fourth-order valence-electron chi connectivity index (χ4n) is 1.46. The van der Waals surface area contributed by atoms with Crippen molar-refractivity contribution in [2.45, 2.75) is 0 Å². The number of methoxy groups -OCH3 is 1. The van der Waals surface area contributed by atoms with Crippen molar-refractivity contribution in [3.05, 3.63) is 40.9 Å². The molecular formula is C13H12BrN3O4. The number of hydrogen-bond acceptors (Lipinski definition) is 5. The van der Waals surface area contributed by atoms with Crippen LogP contribution in [0.2, 0.25) is 0 Å². The number of aromatic nitrogens is 1. The Balaban J connectivity index is 1.82. The van der Waals surface area contributed by atoms with E-state index in [1.807, 2.05) is 0 Å². The Morgan fingerprint density at radius 3 is 2.71 bits per heavy atom. The SMILES string of the molecule is COc1ccc(NC(=O)CNC(=O)c2ccc(Br)o2)cn1. The van der Waals surface area contributed by atoms with Crippen LogP contribution < -0.4 is 15.4 Å². The molecule has 2 amide bonds. The van der Waals surface area contributed by atoms with Crippen LogP contribution in [0.5, 0.6) is 5.88 Å². The molecule has 0 bridgehead atoms. The van der Waals surface area contributed by atoms with E-state index in [1.54, 1.807) is 18.2 Å². The molecule has 2 aromatic heterocycles. The van der Waals surface area contributed by atoms with Crippen molar-refractivity contribution in [1.29, 1.82) is 0 Å². The minimum Gasteiger partial charge on any atom is -0.481 e. The van der Waals surface area contributed by atoms with Gasteiger partial charge in [-0.25, -0.2) is 4.98 Å². The highest BCUT2D eigenvalue weighted by Gasteiger charge is 2.11. The molecule has 0 aliphatic heterocycles. The highest BCUT2D eigenvalue weighted by molar-refractivity contribution is 9.10. The molecule has 7 nitrogen and oxygen atoms in total. The van der Waals surface area contributed by atoms with Gasteiger partial charge in [0.1, 0.15) is 0 Å². The van der Waals surface area contributed by atoms with E-state index in [0.29, 0.717) is 16.2 Å². The third-order valence-corrected chi connectivity index (χ3v) is 2.86. The summed E-state index contributed by atoms with van der Waals surface area (Å²) in [7, 11) is 1.50. The van der Waals surface area contributed by atoms with Gasteiger partial charge in [-0.15, -0.1) is 0 Å². The monoisotopic (exact) mass is 353 g/mol. The van der Waals surface area contributed by atoms with Crippen molar-refractivity contribution in [3.8, 4) is 5.88 Å². The van der Waals surface area contributed by atoms with Crippen LogP contribution in [-0.4, -0.2) is 30.5 Å². The average Bonchev–Trinajstić information content (AvgIpc) is 2.92. The van der Waals surface area contributed by atoms with Gasteiger partial charge in [-0.2, -0.15) is 0 Å². The number of carbonyl (C=O) groups is 2. The fourth-order valence-corrected chi connectivity index (χ4v) is 1.77. The van der Waals surface area contributed by atoms with E-state index in [4.69, 9.17) is 9.15 Å². The van der Waals surface area contributed by atoms with Gasteiger partial charge < -0.3 is 19.8 Å². The van der Waals surface area contributed by atoms with Gasteiger partial charge in [0, 0.05) is 6.07 Å². The van der Waals surface area contributed by atoms with Crippen molar-refractivity contribution in [3.63, 3.8) is 0 Å². The molecule has 0 saturated carbocycles. The van der Waals surface area contributed by atoms with Gasteiger partial charge in [-0.3, -0.25) is 9.59 Å². The highest BCUT2D eigenvalue weighted by Crippen LogP contribution is 2.13. The minimum absolute atomic E-state index is 0.126. The lowest BCUT2D eigenvalue weighted by atomic mass is 10.4. The number of amides is 2. The number of anilines is 1. The predicted molar refractivity (Wildman–Crippen MR) is 78.2 cm³/mol. The van der Waals surface area contributed by atoms with Gasteiger partial charge in [-0.05, 0) is 34.1 Å². The molecule has 0 saturated heterocycles. The van der Waals surface area contributed by atoms with Crippen LogP contribution in [0.4, 0.5) is 5.69 Å². The lowest BCUT2D eigenvalue weighted by Crippen LogP contribution is -2.32. The van der Waals surface area contributed by atoms with Crippen LogP contribution in [0.3, 0.4) is 0 Å². The molecule has 0 unspecified atom stereocenters. The molecule has 0 aromatic carbocycles. The predicted octanol–water partition coefficient (Wildman–Crippen LogP) is 1.81. The molecule has 21 heavy (non-hydrogen) atoms. The molecule has 8 heteroatoms. The molecule has 0 spiro atoms. The van der Waals surface area contributed by atoms with Crippen molar-refractivity contribution in [1.82, 2.24) is 10.3 Å². The molecule has 0 fully saturated rings. The first-order valence-corrected chi connectivity index (χ1v) is 6.71. The van der Waals surface area contributed by atoms with Gasteiger partial charge >= 0.3 is 0 Å². The van der Waals surface area contributed by atoms with Crippen molar-refractivity contribution < 1.29 is 18.7 Å². The maximum Gasteiger partial charge on any atom is 0.287 e. The van der Waals surface area contributed by atoms with Gasteiger partial charge in [0.05, 0.1) is 25.5 Å². The lowest BCUT2D eigenvalue weighted by molar-refractivity contribution is -0.115. The van der Waals surface area contributed by atoms with Crippen molar-refractivity contribution in [2.75, 3.05) is 19.0 Å². The highest BCUT2D eigenvalue weighted by atomic mass is 79.9. The first-order valence-electron chi connectivity index (χ1n) is 5.92. The molecule has 0 aliphatic rings. The van der Waals surface area contributed by atoms with E-state index in [2.05, 4.69) is 31.5 Å². The zero-order valence-corrected chi connectivity index (χ0v) is 12.6. The summed E-state index contributed by atoms with van der Waals surface area (Å²) in [5, 5.41) is 5.04. The summed E-state index contributed by atoms with van der Waals surface area (Å²) in [5.74, 6) is -0.268. The van der Waals surface area contributed by atoms with E-state index < -0.39 is 5.91 Å². The summed E-state index contributed by atoms with van der Waals surface area (Å²) in [4.78, 5) is 27.3. The Bertz CT molecular complexity index is 639. The number of halogens is 1. The third kappa shape index (κ3) is 4.32. The number of carbonyl (C=O) groups excluding carboxylic acids is 2. The first kappa shape index (κ1) is 15.0. The minimum atomic E-state index is -0.469. The quantitative estimate of drug-likeness (QED) is 0.854. The number of furan rings is 1. The molecule has 2 aromatic rings. The molecule has 2 heterocycles. The number of hydrogen-bond donors (Lipinski definition) is 2. The standard InChI is InChI=1S/C13H12BrN3O4/c1-20-12-5-2-8(6-15-12)17-11(18)7-16-13(19)9-3-4-10(14)21-9/h2-6H,7H2,1H3,(H,16,19)(H,17,18). The largest absolute Gasteiger partial charge is 0.481 e. The van der Waals surface area contributed by atoms with Gasteiger partial charge in [0.25, 0.3) is 5.91 Å². The van der Waals surface area contributed by atoms with Crippen molar-refractivity contribution >= 4 is 33.4 Å². The molecule has 110 valence electrons. The molecule has 2 N–H and O–H groups in total. The third-order valence-electron chi connectivity index (χ3n) is 2.44. The smallest absolute Gasteiger partial charge is 0.287 e. The van der Waals surface area contributed by atoms with E-state index in [1.165, 1.54) is 19.4 Å². The molecule has 0 atom stereocenters. The molecule has 2 rings (SSSR count). The summed E-state index contributed by atoms with van der Waals surface area (Å²) < 4.78 is 10.4. The van der Waals surface area contributed by atoms with Gasteiger partial charge in [0.2, 0.25) is 11.8 Å². The van der Waals surface area contributed by atoms with Crippen LogP contribution in [0, 0.1) is 0 Å². The summed E-state index contributed by atoms with van der Waals surface area (Å²) >= 11 is 3.09. The summed E-state index contributed by atoms with van der Waals surface area (Å²) in [6.45, 7) is -0.177. The van der Waals surface area contributed by atoms with E-state index in [9.17, 15) is 9.59 Å². The molecular weight excluding hydrogens is 342 g/mol. The zero-order chi connectivity index (χ0) is 15.2. The first-order chi connectivity index (χ1) is 10.1. The number of rotatable bonds is 5. The maximum atomic E-state index is 11.7. The second-order valence-electron chi connectivity index (χ2n) is 3.92. The Morgan fingerprint density at radius 1 is 1.33 bits per heavy atom. The van der Waals surface area contributed by atoms with Gasteiger partial charge in [-0.1, -0.05) is 0 Å². The average molecular weight is 354 g/mol. The van der Waals surface area contributed by atoms with Crippen molar-refractivity contribution in [2.24, 2.45) is 0 Å². The summed E-state index contributed by atoms with van der Waals surface area (Å²) in [5.41, 5.74) is 0.510. The normalized spacial score (nSPS) is 10.0. The fraction of sp³-hybridized carbons (Fsp3) is 0.154. The molecule has 0 aliphatic carbocycles. The topological polar surface area (TPSA) is 93.5 Å². The van der Waals surface area contributed by atoms with Crippen LogP contribution in [-0.2, 0) is 4.79 Å². The Kier molecular flexibility index (Phi) is 4.94. The Morgan fingerprint density at radius 2 is 2.14 bits per heavy atom. The van der Waals surface area contributed by atoms with Crippen LogP contribution in [0.1, 0.15) is 10.6 Å². The van der Waals surface area contributed by atoms with Crippen LogP contribution >= 0.6 is 15.9 Å². The zero-order valence-electron chi connectivity index (χ0n) is 11.1. The maximum absolute atomic E-state index is 11.7. The second-order valence-corrected chi connectivity index (χ2v) is 4.71.